The van der Waals surface area contributed by atoms with Crippen molar-refractivity contribution in [3.8, 4) is 6.07 Å². The molecule has 2 rings (SSSR count). The summed E-state index contributed by atoms with van der Waals surface area (Å²) >= 11 is 5.63. The number of nitriles is 1. The summed E-state index contributed by atoms with van der Waals surface area (Å²) in [4.78, 5) is 11.9. The van der Waals surface area contributed by atoms with Crippen molar-refractivity contribution in [2.75, 3.05) is 0 Å². The Morgan fingerprint density at radius 1 is 1.25 bits per heavy atom. The Hall–Kier alpha value is -2.44. The fourth-order valence-electron chi connectivity index (χ4n) is 1.63. The lowest BCUT2D eigenvalue weighted by atomic mass is 10.1. The minimum Gasteiger partial charge on any atom is -0.289 e. The van der Waals surface area contributed by atoms with Crippen LogP contribution in [0.25, 0.3) is 6.08 Å². The van der Waals surface area contributed by atoms with Crippen molar-refractivity contribution < 1.29 is 9.18 Å². The third kappa shape index (κ3) is 3.31. The van der Waals surface area contributed by atoms with Crippen LogP contribution in [0.4, 0.5) is 4.39 Å². The number of rotatable bonds is 3. The number of nitrogens with zero attached hydrogens (tertiary/aromatic N) is 1. The number of carbonyl (C=O) groups excluding carboxylic acids is 1. The molecule has 0 bridgehead atoms. The molecule has 0 radical (unpaired) electrons. The average molecular weight is 286 g/mol. The average Bonchev–Trinajstić information content (AvgIpc) is 2.47. The molecule has 98 valence electrons. The molecule has 0 saturated carbocycles. The predicted octanol–water partition coefficient (Wildman–Crippen LogP) is 4.25. The fraction of sp³-hybridized carbons (Fsp3) is 0. The Morgan fingerprint density at radius 3 is 2.75 bits per heavy atom. The molecule has 2 nitrogen and oxygen atoms in total. The maximum Gasteiger partial charge on any atom is 0.185 e. The Kier molecular flexibility index (Phi) is 4.29. The summed E-state index contributed by atoms with van der Waals surface area (Å²) in [7, 11) is 0. The largest absolute Gasteiger partial charge is 0.289 e. The highest BCUT2D eigenvalue weighted by Gasteiger charge is 2.05. The molecule has 0 aliphatic heterocycles. The molecule has 0 amide bonds. The van der Waals surface area contributed by atoms with Crippen LogP contribution >= 0.6 is 11.6 Å². The number of hydrogen-bond acceptors (Lipinski definition) is 2. The molecule has 0 N–H and O–H groups in total. The van der Waals surface area contributed by atoms with Crippen molar-refractivity contribution in [2.24, 2.45) is 0 Å². The summed E-state index contributed by atoms with van der Waals surface area (Å²) in [6, 6.07) is 12.7. The van der Waals surface area contributed by atoms with Gasteiger partial charge in [-0.3, -0.25) is 4.79 Å². The summed E-state index contributed by atoms with van der Waals surface area (Å²) in [5.74, 6) is -0.844. The van der Waals surface area contributed by atoms with Crippen molar-refractivity contribution in [1.29, 1.82) is 5.26 Å². The van der Waals surface area contributed by atoms with Gasteiger partial charge < -0.3 is 0 Å². The number of hydrogen-bond donors (Lipinski definition) is 0. The topological polar surface area (TPSA) is 40.9 Å². The zero-order chi connectivity index (χ0) is 14.5. The number of benzene rings is 2. The van der Waals surface area contributed by atoms with Crippen molar-refractivity contribution in [3.63, 3.8) is 0 Å². The summed E-state index contributed by atoms with van der Waals surface area (Å²) in [5, 5.41) is 8.70. The van der Waals surface area contributed by atoms with Crippen LogP contribution in [0.1, 0.15) is 21.5 Å². The van der Waals surface area contributed by atoms with Gasteiger partial charge in [-0.05, 0) is 42.0 Å². The standard InChI is InChI=1S/C16H9ClFNO/c17-14-9-13(5-6-15(14)18)16(20)7-4-11-2-1-3-12(8-11)10-19/h1-9H/b7-4+. The highest BCUT2D eigenvalue weighted by Crippen LogP contribution is 2.17. The summed E-state index contributed by atoms with van der Waals surface area (Å²) in [6.45, 7) is 0. The van der Waals surface area contributed by atoms with Gasteiger partial charge in [0.2, 0.25) is 0 Å². The van der Waals surface area contributed by atoms with Crippen LogP contribution < -0.4 is 0 Å². The second-order valence-electron chi connectivity index (χ2n) is 4.06. The first-order valence-electron chi connectivity index (χ1n) is 5.78. The predicted molar refractivity (Wildman–Crippen MR) is 75.9 cm³/mol. The van der Waals surface area contributed by atoms with Gasteiger partial charge in [-0.15, -0.1) is 0 Å². The Bertz CT molecular complexity index is 731. The molecule has 0 aliphatic carbocycles. The number of carbonyl (C=O) groups is 1. The van der Waals surface area contributed by atoms with Gasteiger partial charge in [0.05, 0.1) is 16.7 Å². The van der Waals surface area contributed by atoms with Crippen molar-refractivity contribution in [2.45, 2.75) is 0 Å². The van der Waals surface area contributed by atoms with Crippen molar-refractivity contribution >= 4 is 23.5 Å². The Balaban J connectivity index is 2.20. The molecule has 0 heterocycles. The van der Waals surface area contributed by atoms with Gasteiger partial charge in [0.15, 0.2) is 5.78 Å². The van der Waals surface area contributed by atoms with E-state index in [9.17, 15) is 9.18 Å². The SMILES string of the molecule is N#Cc1cccc(/C=C/C(=O)c2ccc(F)c(Cl)c2)c1. The molecule has 0 saturated heterocycles. The monoisotopic (exact) mass is 285 g/mol. The number of halogens is 2. The van der Waals surface area contributed by atoms with E-state index in [4.69, 9.17) is 16.9 Å². The zero-order valence-corrected chi connectivity index (χ0v) is 11.1. The molecule has 4 heteroatoms. The van der Waals surface area contributed by atoms with Crippen LogP contribution in [0.15, 0.2) is 48.5 Å². The molecule has 0 aromatic heterocycles. The Morgan fingerprint density at radius 2 is 2.05 bits per heavy atom. The summed E-state index contributed by atoms with van der Waals surface area (Å²) < 4.78 is 13.0. The minimum atomic E-state index is -0.561. The maximum absolute atomic E-state index is 13.0. The molecule has 0 fully saturated rings. The molecule has 2 aromatic rings. The fourth-order valence-corrected chi connectivity index (χ4v) is 1.81. The number of allylic oxidation sites excluding steroid dienone is 1. The molecule has 0 atom stereocenters. The molecule has 0 unspecified atom stereocenters. The minimum absolute atomic E-state index is 0.0873. The van der Waals surface area contributed by atoms with Crippen LogP contribution in [0.2, 0.25) is 5.02 Å². The van der Waals surface area contributed by atoms with Gasteiger partial charge in [0.25, 0.3) is 0 Å². The number of ketones is 1. The normalized spacial score (nSPS) is 10.4. The van der Waals surface area contributed by atoms with E-state index < -0.39 is 5.82 Å². The second-order valence-corrected chi connectivity index (χ2v) is 4.47. The van der Waals surface area contributed by atoms with Crippen LogP contribution in [0.3, 0.4) is 0 Å². The lowest BCUT2D eigenvalue weighted by Gasteiger charge is -1.98. The zero-order valence-electron chi connectivity index (χ0n) is 10.3. The lowest BCUT2D eigenvalue weighted by Crippen LogP contribution is -1.94. The van der Waals surface area contributed by atoms with Crippen molar-refractivity contribution in [1.82, 2.24) is 0 Å². The molecule has 0 spiro atoms. The quantitative estimate of drug-likeness (QED) is 0.625. The highest BCUT2D eigenvalue weighted by molar-refractivity contribution is 6.31. The van der Waals surface area contributed by atoms with E-state index in [2.05, 4.69) is 0 Å². The third-order valence-electron chi connectivity index (χ3n) is 2.65. The maximum atomic E-state index is 13.0. The van der Waals surface area contributed by atoms with E-state index >= 15 is 0 Å². The van der Waals surface area contributed by atoms with Gasteiger partial charge in [0, 0.05) is 5.56 Å². The van der Waals surface area contributed by atoms with E-state index in [1.807, 2.05) is 6.07 Å². The van der Waals surface area contributed by atoms with E-state index in [1.54, 1.807) is 30.3 Å². The van der Waals surface area contributed by atoms with E-state index in [1.165, 1.54) is 18.2 Å². The molecular weight excluding hydrogens is 277 g/mol. The molecule has 20 heavy (non-hydrogen) atoms. The lowest BCUT2D eigenvalue weighted by molar-refractivity contribution is 0.104. The highest BCUT2D eigenvalue weighted by atomic mass is 35.5. The van der Waals surface area contributed by atoms with Gasteiger partial charge in [0.1, 0.15) is 5.82 Å². The third-order valence-corrected chi connectivity index (χ3v) is 2.94. The molecular formula is C16H9ClFNO. The summed E-state index contributed by atoms with van der Waals surface area (Å²) in [5.41, 5.74) is 1.57. The van der Waals surface area contributed by atoms with Crippen LogP contribution in [-0.2, 0) is 0 Å². The first-order chi connectivity index (χ1) is 9.60. The second kappa shape index (κ2) is 6.14. The smallest absolute Gasteiger partial charge is 0.185 e. The van der Waals surface area contributed by atoms with Crippen LogP contribution in [0.5, 0.6) is 0 Å². The first-order valence-corrected chi connectivity index (χ1v) is 6.15. The van der Waals surface area contributed by atoms with Gasteiger partial charge in [-0.1, -0.05) is 29.8 Å². The van der Waals surface area contributed by atoms with E-state index in [0.717, 1.165) is 11.6 Å². The van der Waals surface area contributed by atoms with Crippen LogP contribution in [0, 0.1) is 17.1 Å². The van der Waals surface area contributed by atoms with Gasteiger partial charge >= 0.3 is 0 Å². The van der Waals surface area contributed by atoms with E-state index in [0.29, 0.717) is 11.1 Å². The van der Waals surface area contributed by atoms with Crippen LogP contribution in [-0.4, -0.2) is 5.78 Å². The molecule has 2 aromatic carbocycles. The molecule has 0 aliphatic rings. The Labute approximate surface area is 120 Å². The first kappa shape index (κ1) is 14.0. The van der Waals surface area contributed by atoms with Gasteiger partial charge in [-0.2, -0.15) is 5.26 Å². The summed E-state index contributed by atoms with van der Waals surface area (Å²) in [6.07, 6.45) is 2.96. The van der Waals surface area contributed by atoms with Crippen molar-refractivity contribution in [3.05, 3.63) is 76.1 Å². The van der Waals surface area contributed by atoms with E-state index in [-0.39, 0.29) is 10.8 Å². The van der Waals surface area contributed by atoms with Gasteiger partial charge in [-0.25, -0.2) is 4.39 Å².